The predicted molar refractivity (Wildman–Crippen MR) is 76.6 cm³/mol. The molecule has 0 radical (unpaired) electrons. The van der Waals surface area contributed by atoms with E-state index in [1.165, 1.54) is 32.1 Å². The van der Waals surface area contributed by atoms with Gasteiger partial charge in [0, 0.05) is 11.6 Å². The minimum atomic E-state index is 0.0833. The number of anilines is 1. The zero-order valence-electron chi connectivity index (χ0n) is 11.4. The molecule has 3 N–H and O–H groups in total. The van der Waals surface area contributed by atoms with Crippen LogP contribution in [0.15, 0.2) is 18.2 Å². The summed E-state index contributed by atoms with van der Waals surface area (Å²) in [5.74, 6) is 0.691. The fourth-order valence-electron chi connectivity index (χ4n) is 2.55. The van der Waals surface area contributed by atoms with Crippen LogP contribution in [0.3, 0.4) is 0 Å². The number of hydrogen-bond acceptors (Lipinski definition) is 4. The molecular weight excluding hydrogens is 240 g/mol. The summed E-state index contributed by atoms with van der Waals surface area (Å²) in [7, 11) is 1.57. The van der Waals surface area contributed by atoms with Crippen molar-refractivity contribution in [1.29, 1.82) is 0 Å². The van der Waals surface area contributed by atoms with Gasteiger partial charge in [0.25, 0.3) is 0 Å². The van der Waals surface area contributed by atoms with Gasteiger partial charge in [-0.05, 0) is 31.0 Å². The molecule has 2 rings (SSSR count). The molecule has 104 valence electrons. The van der Waals surface area contributed by atoms with Crippen molar-refractivity contribution in [1.82, 2.24) is 5.32 Å². The van der Waals surface area contributed by atoms with Crippen molar-refractivity contribution in [3.63, 3.8) is 0 Å². The molecule has 0 heterocycles. The van der Waals surface area contributed by atoms with Gasteiger partial charge in [0.15, 0.2) is 5.78 Å². The molecule has 0 amide bonds. The Labute approximate surface area is 114 Å². The van der Waals surface area contributed by atoms with Crippen molar-refractivity contribution in [3.05, 3.63) is 23.8 Å². The summed E-state index contributed by atoms with van der Waals surface area (Å²) < 4.78 is 5.08. The molecule has 1 aromatic rings. The lowest BCUT2D eigenvalue weighted by atomic mass is 9.95. The van der Waals surface area contributed by atoms with Crippen LogP contribution >= 0.6 is 0 Å². The molecule has 4 heteroatoms. The molecule has 1 saturated carbocycles. The van der Waals surface area contributed by atoms with Crippen LogP contribution in [-0.2, 0) is 0 Å². The number of nitrogens with two attached hydrogens (primary N) is 1. The van der Waals surface area contributed by atoms with Gasteiger partial charge in [-0.1, -0.05) is 19.3 Å². The van der Waals surface area contributed by atoms with E-state index in [9.17, 15) is 4.79 Å². The first-order valence-corrected chi connectivity index (χ1v) is 6.91. The van der Waals surface area contributed by atoms with Crippen LogP contribution in [0.2, 0.25) is 0 Å². The molecule has 19 heavy (non-hydrogen) atoms. The van der Waals surface area contributed by atoms with Crippen LogP contribution in [0.4, 0.5) is 5.69 Å². The summed E-state index contributed by atoms with van der Waals surface area (Å²) in [6.45, 7) is 0.385. The second-order valence-electron chi connectivity index (χ2n) is 5.10. The SMILES string of the molecule is COc1ccc(C(=O)CNC2CCCCC2)cc1N. The zero-order chi connectivity index (χ0) is 13.7. The van der Waals surface area contributed by atoms with Crippen LogP contribution in [0.25, 0.3) is 0 Å². The van der Waals surface area contributed by atoms with E-state index in [-0.39, 0.29) is 5.78 Å². The Morgan fingerprint density at radius 1 is 1.37 bits per heavy atom. The van der Waals surface area contributed by atoms with Gasteiger partial charge in [-0.2, -0.15) is 0 Å². The van der Waals surface area contributed by atoms with Crippen molar-refractivity contribution in [2.45, 2.75) is 38.1 Å². The van der Waals surface area contributed by atoms with Crippen molar-refractivity contribution < 1.29 is 9.53 Å². The summed E-state index contributed by atoms with van der Waals surface area (Å²) >= 11 is 0. The number of hydrogen-bond donors (Lipinski definition) is 2. The highest BCUT2D eigenvalue weighted by Crippen LogP contribution is 2.22. The number of nitrogen functional groups attached to an aromatic ring is 1. The fourth-order valence-corrected chi connectivity index (χ4v) is 2.55. The smallest absolute Gasteiger partial charge is 0.176 e. The second-order valence-corrected chi connectivity index (χ2v) is 5.10. The topological polar surface area (TPSA) is 64.3 Å². The maximum Gasteiger partial charge on any atom is 0.176 e. The van der Waals surface area contributed by atoms with Gasteiger partial charge in [-0.3, -0.25) is 4.79 Å². The van der Waals surface area contributed by atoms with Crippen molar-refractivity contribution in [3.8, 4) is 5.75 Å². The molecular formula is C15H22N2O2. The van der Waals surface area contributed by atoms with E-state index in [2.05, 4.69) is 5.32 Å². The largest absolute Gasteiger partial charge is 0.495 e. The Hall–Kier alpha value is -1.55. The number of benzene rings is 1. The lowest BCUT2D eigenvalue weighted by molar-refractivity contribution is 0.0985. The molecule has 0 aliphatic heterocycles. The van der Waals surface area contributed by atoms with Gasteiger partial charge in [0.1, 0.15) is 5.75 Å². The van der Waals surface area contributed by atoms with Gasteiger partial charge in [-0.15, -0.1) is 0 Å². The monoisotopic (exact) mass is 262 g/mol. The van der Waals surface area contributed by atoms with E-state index in [1.807, 2.05) is 0 Å². The molecule has 0 saturated heterocycles. The van der Waals surface area contributed by atoms with Crippen molar-refractivity contribution in [2.75, 3.05) is 19.4 Å². The second kappa shape index (κ2) is 6.57. The highest BCUT2D eigenvalue weighted by atomic mass is 16.5. The number of carbonyl (C=O) groups excluding carboxylic acids is 1. The van der Waals surface area contributed by atoms with Gasteiger partial charge < -0.3 is 15.8 Å². The molecule has 4 nitrogen and oxygen atoms in total. The van der Waals surface area contributed by atoms with Gasteiger partial charge in [0.05, 0.1) is 19.3 Å². The van der Waals surface area contributed by atoms with E-state index >= 15 is 0 Å². The first-order chi connectivity index (χ1) is 9.20. The summed E-state index contributed by atoms with van der Waals surface area (Å²) in [6, 6.07) is 5.68. The summed E-state index contributed by atoms with van der Waals surface area (Å²) in [6.07, 6.45) is 6.21. The number of rotatable bonds is 5. The lowest BCUT2D eigenvalue weighted by Gasteiger charge is -2.22. The molecule has 1 aromatic carbocycles. The summed E-state index contributed by atoms with van der Waals surface area (Å²) in [5, 5.41) is 3.35. The maximum atomic E-state index is 12.1. The van der Waals surface area contributed by atoms with Crippen LogP contribution in [0.1, 0.15) is 42.5 Å². The Morgan fingerprint density at radius 2 is 2.11 bits per heavy atom. The van der Waals surface area contributed by atoms with Crippen molar-refractivity contribution in [2.24, 2.45) is 0 Å². The average Bonchev–Trinajstić information content (AvgIpc) is 2.45. The van der Waals surface area contributed by atoms with Crippen LogP contribution in [0.5, 0.6) is 5.75 Å². The molecule has 1 aliphatic carbocycles. The lowest BCUT2D eigenvalue weighted by Crippen LogP contribution is -2.35. The van der Waals surface area contributed by atoms with E-state index < -0.39 is 0 Å². The number of Topliss-reactive ketones (excluding diaryl/α,β-unsaturated/α-hetero) is 1. The van der Waals surface area contributed by atoms with Crippen molar-refractivity contribution >= 4 is 11.5 Å². The number of carbonyl (C=O) groups is 1. The first-order valence-electron chi connectivity index (χ1n) is 6.91. The minimum Gasteiger partial charge on any atom is -0.495 e. The summed E-state index contributed by atoms with van der Waals surface area (Å²) in [5.41, 5.74) is 6.96. The fraction of sp³-hybridized carbons (Fsp3) is 0.533. The Bertz CT molecular complexity index is 440. The van der Waals surface area contributed by atoms with Gasteiger partial charge in [0.2, 0.25) is 0 Å². The minimum absolute atomic E-state index is 0.0833. The standard InChI is InChI=1S/C15H22N2O2/c1-19-15-8-7-11(9-13(15)16)14(18)10-17-12-5-3-2-4-6-12/h7-9,12,17H,2-6,10,16H2,1H3. The first kappa shape index (κ1) is 13.9. The number of methoxy groups -OCH3 is 1. The normalized spacial score (nSPS) is 16.3. The quantitative estimate of drug-likeness (QED) is 0.631. The van der Waals surface area contributed by atoms with E-state index in [0.29, 0.717) is 29.6 Å². The number of nitrogens with one attached hydrogen (secondary N) is 1. The third kappa shape index (κ3) is 3.70. The third-order valence-electron chi connectivity index (χ3n) is 3.71. The highest BCUT2D eigenvalue weighted by Gasteiger charge is 2.15. The van der Waals surface area contributed by atoms with Gasteiger partial charge >= 0.3 is 0 Å². The average molecular weight is 262 g/mol. The third-order valence-corrected chi connectivity index (χ3v) is 3.71. The molecule has 1 fully saturated rings. The molecule has 0 aromatic heterocycles. The Kier molecular flexibility index (Phi) is 4.80. The molecule has 0 unspecified atom stereocenters. The van der Waals surface area contributed by atoms with E-state index in [4.69, 9.17) is 10.5 Å². The predicted octanol–water partition coefficient (Wildman–Crippen LogP) is 2.38. The van der Waals surface area contributed by atoms with E-state index in [1.54, 1.807) is 25.3 Å². The van der Waals surface area contributed by atoms with Gasteiger partial charge in [-0.25, -0.2) is 0 Å². The zero-order valence-corrected chi connectivity index (χ0v) is 11.4. The number of ketones is 1. The molecule has 1 aliphatic rings. The van der Waals surface area contributed by atoms with E-state index in [0.717, 1.165) is 0 Å². The van der Waals surface area contributed by atoms with Crippen LogP contribution in [-0.4, -0.2) is 25.5 Å². The maximum absolute atomic E-state index is 12.1. The Morgan fingerprint density at radius 3 is 2.74 bits per heavy atom. The van der Waals surface area contributed by atoms with Crippen LogP contribution < -0.4 is 15.8 Å². The molecule has 0 spiro atoms. The Balaban J connectivity index is 1.90. The number of ether oxygens (including phenoxy) is 1. The molecule has 0 bridgehead atoms. The highest BCUT2D eigenvalue weighted by molar-refractivity contribution is 5.98. The molecule has 0 atom stereocenters. The summed E-state index contributed by atoms with van der Waals surface area (Å²) in [4.78, 5) is 12.1. The van der Waals surface area contributed by atoms with Crippen LogP contribution in [0, 0.1) is 0 Å².